The van der Waals surface area contributed by atoms with E-state index in [9.17, 15) is 4.79 Å². The molecule has 1 unspecified atom stereocenters. The highest BCUT2D eigenvalue weighted by Gasteiger charge is 2.25. The van der Waals surface area contributed by atoms with Crippen LogP contribution in [0.3, 0.4) is 0 Å². The van der Waals surface area contributed by atoms with Crippen LogP contribution >= 0.6 is 0 Å². The zero-order chi connectivity index (χ0) is 15.5. The first-order valence-electron chi connectivity index (χ1n) is 7.09. The van der Waals surface area contributed by atoms with Crippen molar-refractivity contribution in [3.05, 3.63) is 36.2 Å². The monoisotopic (exact) mass is 296 g/mol. The van der Waals surface area contributed by atoms with Gasteiger partial charge in [0.15, 0.2) is 5.82 Å². The molecular formula is C15H16N6O. The van der Waals surface area contributed by atoms with Gasteiger partial charge in [0.1, 0.15) is 11.9 Å². The number of hydrogen-bond acceptors (Lipinski definition) is 5. The molecule has 112 valence electrons. The summed E-state index contributed by atoms with van der Waals surface area (Å²) >= 11 is 0. The molecule has 1 aliphatic heterocycles. The Balaban J connectivity index is 1.67. The minimum atomic E-state index is -0.125. The van der Waals surface area contributed by atoms with E-state index in [0.29, 0.717) is 11.4 Å². The summed E-state index contributed by atoms with van der Waals surface area (Å²) in [4.78, 5) is 17.5. The Kier molecular flexibility index (Phi) is 3.74. The molecule has 7 heteroatoms. The highest BCUT2D eigenvalue weighted by Crippen LogP contribution is 2.25. The molecule has 1 atom stereocenters. The van der Waals surface area contributed by atoms with Gasteiger partial charge in [-0.05, 0) is 18.6 Å². The number of amides is 1. The second-order valence-corrected chi connectivity index (χ2v) is 5.27. The summed E-state index contributed by atoms with van der Waals surface area (Å²) in [7, 11) is 0. The number of nitriles is 1. The van der Waals surface area contributed by atoms with Gasteiger partial charge in [0, 0.05) is 38.5 Å². The van der Waals surface area contributed by atoms with E-state index < -0.39 is 0 Å². The number of hydrogen-bond donors (Lipinski definition) is 1. The fraction of sp³-hybridized carbons (Fsp3) is 0.333. The minimum Gasteiger partial charge on any atom is -0.354 e. The molecule has 0 saturated carbocycles. The number of carbonyl (C=O) groups is 1. The van der Waals surface area contributed by atoms with Crippen molar-refractivity contribution >= 4 is 17.5 Å². The molecule has 2 aromatic heterocycles. The number of rotatable bonds is 3. The second-order valence-electron chi connectivity index (χ2n) is 5.27. The van der Waals surface area contributed by atoms with E-state index in [0.717, 1.165) is 25.3 Å². The van der Waals surface area contributed by atoms with Crippen molar-refractivity contribution in [2.75, 3.05) is 23.3 Å². The summed E-state index contributed by atoms with van der Waals surface area (Å²) < 4.78 is 1.88. The zero-order valence-electron chi connectivity index (χ0n) is 12.2. The fourth-order valence-corrected chi connectivity index (χ4v) is 2.59. The van der Waals surface area contributed by atoms with Crippen LogP contribution in [0.2, 0.25) is 0 Å². The topological polar surface area (TPSA) is 86.8 Å². The fourth-order valence-electron chi connectivity index (χ4n) is 2.59. The van der Waals surface area contributed by atoms with Crippen LogP contribution < -0.4 is 10.2 Å². The molecule has 22 heavy (non-hydrogen) atoms. The van der Waals surface area contributed by atoms with Gasteiger partial charge in [0.2, 0.25) is 5.91 Å². The van der Waals surface area contributed by atoms with Crippen molar-refractivity contribution in [2.24, 2.45) is 0 Å². The molecule has 1 fully saturated rings. The molecule has 1 amide bonds. The van der Waals surface area contributed by atoms with Crippen LogP contribution in [0.1, 0.15) is 24.9 Å². The number of carbonyl (C=O) groups excluding carboxylic acids is 1. The van der Waals surface area contributed by atoms with Gasteiger partial charge in [-0.2, -0.15) is 10.4 Å². The molecule has 2 aromatic rings. The first-order valence-corrected chi connectivity index (χ1v) is 7.09. The predicted molar refractivity (Wildman–Crippen MR) is 81.3 cm³/mol. The molecular weight excluding hydrogens is 280 g/mol. The maximum atomic E-state index is 11.0. The number of nitrogens with one attached hydrogen (secondary N) is 1. The Morgan fingerprint density at radius 3 is 3.00 bits per heavy atom. The summed E-state index contributed by atoms with van der Waals surface area (Å²) in [6.45, 7) is 3.16. The van der Waals surface area contributed by atoms with Gasteiger partial charge in [0.05, 0.1) is 11.6 Å². The lowest BCUT2D eigenvalue weighted by Crippen LogP contribution is -2.22. The molecule has 7 nitrogen and oxygen atoms in total. The van der Waals surface area contributed by atoms with Crippen LogP contribution in [-0.4, -0.2) is 33.8 Å². The zero-order valence-corrected chi connectivity index (χ0v) is 12.2. The maximum absolute atomic E-state index is 11.0. The lowest BCUT2D eigenvalue weighted by atomic mass is 10.3. The van der Waals surface area contributed by atoms with E-state index >= 15 is 0 Å². The van der Waals surface area contributed by atoms with Gasteiger partial charge in [0.25, 0.3) is 0 Å². The van der Waals surface area contributed by atoms with Crippen LogP contribution in [0, 0.1) is 11.3 Å². The van der Waals surface area contributed by atoms with E-state index in [2.05, 4.69) is 26.4 Å². The summed E-state index contributed by atoms with van der Waals surface area (Å²) in [6.07, 6.45) is 4.43. The molecule has 0 bridgehead atoms. The van der Waals surface area contributed by atoms with E-state index in [1.807, 2.05) is 16.9 Å². The number of anilines is 2. The molecule has 0 aromatic carbocycles. The van der Waals surface area contributed by atoms with E-state index in [1.54, 1.807) is 18.3 Å². The van der Waals surface area contributed by atoms with Gasteiger partial charge in [-0.15, -0.1) is 0 Å². The van der Waals surface area contributed by atoms with Gasteiger partial charge < -0.3 is 10.2 Å². The lowest BCUT2D eigenvalue weighted by Gasteiger charge is -2.17. The standard InChI is InChI=1S/C15H16N6O/c1-11(22)18-14-5-7-21(19-14)13-4-6-20(10-13)15-3-2-12(8-16)9-17-15/h2-3,5,7,9,13H,4,6,10H2,1H3,(H,18,19,22). The van der Waals surface area contributed by atoms with Crippen LogP contribution in [0.5, 0.6) is 0 Å². The lowest BCUT2D eigenvalue weighted by molar-refractivity contribution is -0.114. The van der Waals surface area contributed by atoms with Crippen molar-refractivity contribution in [3.63, 3.8) is 0 Å². The largest absolute Gasteiger partial charge is 0.354 e. The van der Waals surface area contributed by atoms with Crippen LogP contribution in [0.4, 0.5) is 11.6 Å². The Bertz CT molecular complexity index is 714. The number of aromatic nitrogens is 3. The summed E-state index contributed by atoms with van der Waals surface area (Å²) in [5.41, 5.74) is 0.562. The first kappa shape index (κ1) is 14.1. The van der Waals surface area contributed by atoms with Crippen molar-refractivity contribution in [2.45, 2.75) is 19.4 Å². The van der Waals surface area contributed by atoms with Gasteiger partial charge >= 0.3 is 0 Å². The quantitative estimate of drug-likeness (QED) is 0.928. The van der Waals surface area contributed by atoms with E-state index in [1.165, 1.54) is 6.92 Å². The Morgan fingerprint density at radius 1 is 1.45 bits per heavy atom. The van der Waals surface area contributed by atoms with Crippen molar-refractivity contribution < 1.29 is 4.79 Å². The van der Waals surface area contributed by atoms with E-state index in [4.69, 9.17) is 5.26 Å². The third-order valence-electron chi connectivity index (χ3n) is 3.65. The number of nitrogens with zero attached hydrogens (tertiary/aromatic N) is 5. The molecule has 1 N–H and O–H groups in total. The highest BCUT2D eigenvalue weighted by atomic mass is 16.1. The van der Waals surface area contributed by atoms with Gasteiger partial charge in [-0.3, -0.25) is 9.48 Å². The minimum absolute atomic E-state index is 0.125. The molecule has 0 spiro atoms. The maximum Gasteiger partial charge on any atom is 0.222 e. The van der Waals surface area contributed by atoms with Gasteiger partial charge in [-0.25, -0.2) is 4.98 Å². The van der Waals surface area contributed by atoms with Crippen molar-refractivity contribution in [3.8, 4) is 6.07 Å². The summed E-state index contributed by atoms with van der Waals surface area (Å²) in [5, 5.41) is 15.9. The van der Waals surface area contributed by atoms with Crippen LogP contribution in [-0.2, 0) is 4.79 Å². The Labute approximate surface area is 128 Å². The number of pyridine rings is 1. The third-order valence-corrected chi connectivity index (χ3v) is 3.65. The Morgan fingerprint density at radius 2 is 2.32 bits per heavy atom. The Hall–Kier alpha value is -2.88. The predicted octanol–water partition coefficient (Wildman–Crippen LogP) is 1.56. The van der Waals surface area contributed by atoms with Crippen molar-refractivity contribution in [1.29, 1.82) is 5.26 Å². The molecule has 0 radical (unpaired) electrons. The van der Waals surface area contributed by atoms with E-state index in [-0.39, 0.29) is 11.9 Å². The van der Waals surface area contributed by atoms with Gasteiger partial charge in [-0.1, -0.05) is 0 Å². The normalized spacial score (nSPS) is 17.3. The second kappa shape index (κ2) is 5.85. The van der Waals surface area contributed by atoms with Crippen LogP contribution in [0.25, 0.3) is 0 Å². The summed E-state index contributed by atoms with van der Waals surface area (Å²) in [5.74, 6) is 1.32. The van der Waals surface area contributed by atoms with Crippen molar-refractivity contribution in [1.82, 2.24) is 14.8 Å². The smallest absolute Gasteiger partial charge is 0.222 e. The highest BCUT2D eigenvalue weighted by molar-refractivity contribution is 5.87. The SMILES string of the molecule is CC(=O)Nc1ccn(C2CCN(c3ccc(C#N)cn3)C2)n1. The van der Waals surface area contributed by atoms with Crippen LogP contribution in [0.15, 0.2) is 30.6 Å². The molecule has 3 rings (SSSR count). The molecule has 3 heterocycles. The summed E-state index contributed by atoms with van der Waals surface area (Å²) in [6, 6.07) is 7.76. The first-order chi connectivity index (χ1) is 10.7. The third kappa shape index (κ3) is 2.91. The molecule has 0 aliphatic carbocycles. The molecule has 1 aliphatic rings. The average molecular weight is 296 g/mol. The average Bonchev–Trinajstić information content (AvgIpc) is 3.15. The molecule has 1 saturated heterocycles.